The molecule has 0 aromatic heterocycles. The number of cyclic esters (lactones) is 1. The van der Waals surface area contributed by atoms with E-state index < -0.39 is 0 Å². The summed E-state index contributed by atoms with van der Waals surface area (Å²) >= 11 is 0. The second-order valence-electron chi connectivity index (χ2n) is 3.69. The predicted octanol–water partition coefficient (Wildman–Crippen LogP) is 2.21. The van der Waals surface area contributed by atoms with Gasteiger partial charge in [0.05, 0.1) is 20.3 Å². The monoisotopic (exact) mass is 234 g/mol. The summed E-state index contributed by atoms with van der Waals surface area (Å²) in [5.74, 6) is 0.948. The quantitative estimate of drug-likeness (QED) is 0.752. The van der Waals surface area contributed by atoms with Crippen LogP contribution in [0.25, 0.3) is 0 Å². The van der Waals surface area contributed by atoms with Crippen LogP contribution in [0.15, 0.2) is 36.1 Å². The molecule has 0 amide bonds. The summed E-state index contributed by atoms with van der Waals surface area (Å²) in [6.07, 6.45) is 1.55. The molecule has 0 spiro atoms. The van der Waals surface area contributed by atoms with Crippen molar-refractivity contribution in [3.05, 3.63) is 41.7 Å². The fourth-order valence-corrected chi connectivity index (χ4v) is 1.84. The van der Waals surface area contributed by atoms with Gasteiger partial charge in [0.25, 0.3) is 0 Å². The Morgan fingerprint density at radius 3 is 2.71 bits per heavy atom. The maximum Gasteiger partial charge on any atom is 0.334 e. The number of esters is 1. The van der Waals surface area contributed by atoms with Crippen molar-refractivity contribution in [3.8, 4) is 5.75 Å². The zero-order valence-corrected chi connectivity index (χ0v) is 9.80. The van der Waals surface area contributed by atoms with Gasteiger partial charge in [-0.2, -0.15) is 0 Å². The van der Waals surface area contributed by atoms with Crippen LogP contribution in [0.5, 0.6) is 5.75 Å². The maximum atomic E-state index is 11.4. The van der Waals surface area contributed by atoms with Gasteiger partial charge in [-0.1, -0.05) is 18.2 Å². The van der Waals surface area contributed by atoms with E-state index in [1.807, 2.05) is 24.3 Å². The van der Waals surface area contributed by atoms with E-state index in [0.29, 0.717) is 17.9 Å². The zero-order valence-electron chi connectivity index (χ0n) is 9.80. The lowest BCUT2D eigenvalue weighted by Gasteiger charge is -2.23. The Kier molecular flexibility index (Phi) is 3.32. The number of carbonyl (C=O) groups is 1. The Balaban J connectivity index is 2.29. The van der Waals surface area contributed by atoms with Crippen molar-refractivity contribution in [1.29, 1.82) is 0 Å². The summed E-state index contributed by atoms with van der Waals surface area (Å²) in [4.78, 5) is 11.4. The van der Waals surface area contributed by atoms with Crippen LogP contribution in [-0.4, -0.2) is 20.2 Å². The summed E-state index contributed by atoms with van der Waals surface area (Å²) in [5.41, 5.74) is 0.853. The Morgan fingerprint density at radius 2 is 2.00 bits per heavy atom. The molecule has 1 aromatic carbocycles. The first-order valence-electron chi connectivity index (χ1n) is 5.32. The van der Waals surface area contributed by atoms with Crippen LogP contribution in [-0.2, 0) is 14.3 Å². The van der Waals surface area contributed by atoms with Crippen LogP contribution in [0.1, 0.15) is 18.1 Å². The molecule has 1 aliphatic rings. The van der Waals surface area contributed by atoms with Crippen LogP contribution in [0.4, 0.5) is 0 Å². The second-order valence-corrected chi connectivity index (χ2v) is 3.69. The number of rotatable bonds is 3. The summed E-state index contributed by atoms with van der Waals surface area (Å²) < 4.78 is 15.6. The van der Waals surface area contributed by atoms with Gasteiger partial charge in [-0.3, -0.25) is 0 Å². The predicted molar refractivity (Wildman–Crippen MR) is 61.5 cm³/mol. The summed E-state index contributed by atoms with van der Waals surface area (Å²) in [6, 6.07) is 7.49. The molecule has 0 N–H and O–H groups in total. The van der Waals surface area contributed by atoms with Crippen molar-refractivity contribution in [3.63, 3.8) is 0 Å². The highest BCUT2D eigenvalue weighted by Crippen LogP contribution is 2.34. The summed E-state index contributed by atoms with van der Waals surface area (Å²) in [6.45, 7) is 0. The average molecular weight is 234 g/mol. The minimum Gasteiger partial charge on any atom is -0.501 e. The van der Waals surface area contributed by atoms with E-state index in [1.54, 1.807) is 14.2 Å². The third-order valence-electron chi connectivity index (χ3n) is 2.67. The largest absolute Gasteiger partial charge is 0.501 e. The third-order valence-corrected chi connectivity index (χ3v) is 2.67. The number of carbonyl (C=O) groups excluding carboxylic acids is 1. The average Bonchev–Trinajstić information content (AvgIpc) is 2.37. The van der Waals surface area contributed by atoms with Gasteiger partial charge in [-0.15, -0.1) is 0 Å². The molecule has 1 atom stereocenters. The molecule has 1 aliphatic heterocycles. The van der Waals surface area contributed by atoms with Gasteiger partial charge in [-0.05, 0) is 6.07 Å². The molecule has 2 rings (SSSR count). The van der Waals surface area contributed by atoms with Crippen molar-refractivity contribution in [2.75, 3.05) is 14.2 Å². The highest BCUT2D eigenvalue weighted by Gasteiger charge is 2.26. The number of ether oxygens (including phenoxy) is 3. The van der Waals surface area contributed by atoms with Crippen LogP contribution in [0, 0.1) is 0 Å². The number of para-hydroxylation sites is 1. The maximum absolute atomic E-state index is 11.4. The fourth-order valence-electron chi connectivity index (χ4n) is 1.84. The Hall–Kier alpha value is -1.97. The van der Waals surface area contributed by atoms with Crippen LogP contribution >= 0.6 is 0 Å². The number of methoxy groups -OCH3 is 2. The van der Waals surface area contributed by atoms with E-state index in [0.717, 1.165) is 5.56 Å². The Bertz CT molecular complexity index is 450. The van der Waals surface area contributed by atoms with E-state index in [9.17, 15) is 4.79 Å². The lowest BCUT2D eigenvalue weighted by Crippen LogP contribution is -2.17. The molecule has 0 bridgehead atoms. The summed E-state index contributed by atoms with van der Waals surface area (Å²) in [5, 5.41) is 0. The van der Waals surface area contributed by atoms with E-state index in [2.05, 4.69) is 0 Å². The van der Waals surface area contributed by atoms with Gasteiger partial charge < -0.3 is 14.2 Å². The molecule has 90 valence electrons. The van der Waals surface area contributed by atoms with E-state index in [-0.39, 0.29) is 12.1 Å². The molecule has 0 aliphatic carbocycles. The van der Waals surface area contributed by atoms with Gasteiger partial charge in [0.15, 0.2) is 0 Å². The lowest BCUT2D eigenvalue weighted by atomic mass is 10.0. The molecule has 1 heterocycles. The van der Waals surface area contributed by atoms with Gasteiger partial charge >= 0.3 is 5.97 Å². The van der Waals surface area contributed by atoms with Gasteiger partial charge in [-0.25, -0.2) is 4.79 Å². The fraction of sp³-hybridized carbons (Fsp3) is 0.308. The molecule has 0 fully saturated rings. The van der Waals surface area contributed by atoms with Crippen molar-refractivity contribution < 1.29 is 19.0 Å². The van der Waals surface area contributed by atoms with Gasteiger partial charge in [0, 0.05) is 12.0 Å². The topological polar surface area (TPSA) is 44.8 Å². The van der Waals surface area contributed by atoms with Crippen molar-refractivity contribution in [2.24, 2.45) is 0 Å². The normalized spacial score (nSPS) is 19.3. The van der Waals surface area contributed by atoms with Gasteiger partial charge in [0.1, 0.15) is 17.6 Å². The first kappa shape index (κ1) is 11.5. The van der Waals surface area contributed by atoms with Crippen LogP contribution < -0.4 is 4.74 Å². The molecule has 1 unspecified atom stereocenters. The molecular weight excluding hydrogens is 220 g/mol. The molecule has 0 radical (unpaired) electrons. The smallest absolute Gasteiger partial charge is 0.334 e. The first-order chi connectivity index (χ1) is 8.24. The Labute approximate surface area is 99.8 Å². The molecule has 0 saturated heterocycles. The standard InChI is InChI=1S/C13H14O4/c1-15-9-7-12(17-13(14)8-9)10-5-3-4-6-11(10)16-2/h3-6,8,12H,7H2,1-2H3. The van der Waals surface area contributed by atoms with Crippen LogP contribution in [0.2, 0.25) is 0 Å². The Morgan fingerprint density at radius 1 is 1.24 bits per heavy atom. The SMILES string of the molecule is COC1=CC(=O)OC(c2ccccc2OC)C1. The number of hydrogen-bond acceptors (Lipinski definition) is 4. The third kappa shape index (κ3) is 2.41. The molecular formula is C13H14O4. The molecule has 4 heteroatoms. The van der Waals surface area contributed by atoms with Crippen molar-refractivity contribution in [1.82, 2.24) is 0 Å². The number of benzene rings is 1. The van der Waals surface area contributed by atoms with Crippen molar-refractivity contribution in [2.45, 2.75) is 12.5 Å². The highest BCUT2D eigenvalue weighted by atomic mass is 16.6. The highest BCUT2D eigenvalue weighted by molar-refractivity contribution is 5.83. The van der Waals surface area contributed by atoms with E-state index in [1.165, 1.54) is 6.08 Å². The van der Waals surface area contributed by atoms with E-state index in [4.69, 9.17) is 14.2 Å². The number of hydrogen-bond donors (Lipinski definition) is 0. The zero-order chi connectivity index (χ0) is 12.3. The molecule has 0 saturated carbocycles. The summed E-state index contributed by atoms with van der Waals surface area (Å²) in [7, 11) is 3.14. The van der Waals surface area contributed by atoms with E-state index >= 15 is 0 Å². The van der Waals surface area contributed by atoms with Gasteiger partial charge in [0.2, 0.25) is 0 Å². The molecule has 4 nitrogen and oxygen atoms in total. The lowest BCUT2D eigenvalue weighted by molar-refractivity contribution is -0.145. The van der Waals surface area contributed by atoms with Crippen molar-refractivity contribution >= 4 is 5.97 Å². The van der Waals surface area contributed by atoms with Crippen LogP contribution in [0.3, 0.4) is 0 Å². The minimum atomic E-state index is -0.385. The first-order valence-corrected chi connectivity index (χ1v) is 5.32. The minimum absolute atomic E-state index is 0.349. The molecule has 1 aromatic rings. The molecule has 17 heavy (non-hydrogen) atoms. The second kappa shape index (κ2) is 4.91.